The van der Waals surface area contributed by atoms with Crippen molar-refractivity contribution in [3.8, 4) is 17.2 Å². The number of halogens is 2. The summed E-state index contributed by atoms with van der Waals surface area (Å²) in [7, 11) is -4.24. The first-order chi connectivity index (χ1) is 28.8. The highest BCUT2D eigenvalue weighted by atomic mass is 35.5. The summed E-state index contributed by atoms with van der Waals surface area (Å²) >= 11 is 12.8. The molecule has 1 unspecified atom stereocenters. The summed E-state index contributed by atoms with van der Waals surface area (Å²) < 4.78 is 42.1. The van der Waals surface area contributed by atoms with Crippen LogP contribution in [0.3, 0.4) is 0 Å². The van der Waals surface area contributed by atoms with Gasteiger partial charge < -0.3 is 29.6 Å². The Kier molecular flexibility index (Phi) is 12.8. The number of rotatable bonds is 13. The zero-order chi connectivity index (χ0) is 42.0. The third kappa shape index (κ3) is 10.1. The SMILES string of the molecule is CC1(C)CCC(CN2CCN(c3ccc(C(O)NS(=O)(=O)c4ccc(OCC5CCC(O)CC5)c(Cl)c4)c(Oc4cnc5[nH]ccc5c4)c3)CC2)=C(c2ccc(Cl)cc2)C1. The maximum absolute atomic E-state index is 13.7. The lowest BCUT2D eigenvalue weighted by atomic mass is 9.72. The molecule has 60 heavy (non-hydrogen) atoms. The molecule has 11 nitrogen and oxygen atoms in total. The van der Waals surface area contributed by atoms with Crippen LogP contribution >= 0.6 is 23.2 Å². The molecule has 3 aromatic carbocycles. The molecule has 8 rings (SSSR count). The van der Waals surface area contributed by atoms with Crippen LogP contribution < -0.4 is 19.1 Å². The Morgan fingerprint density at radius 2 is 1.72 bits per heavy atom. The number of aromatic nitrogens is 2. The lowest BCUT2D eigenvalue weighted by Gasteiger charge is -2.39. The van der Waals surface area contributed by atoms with Gasteiger partial charge in [0, 0.05) is 66.6 Å². The highest BCUT2D eigenvalue weighted by molar-refractivity contribution is 7.89. The van der Waals surface area contributed by atoms with Crippen LogP contribution in [0.2, 0.25) is 10.0 Å². The first-order valence-corrected chi connectivity index (χ1v) is 23.0. The number of anilines is 1. The number of benzene rings is 3. The number of aliphatic hydroxyl groups is 2. The molecule has 1 aliphatic heterocycles. The number of aliphatic hydroxyl groups excluding tert-OH is 2. The van der Waals surface area contributed by atoms with Crippen molar-refractivity contribution in [3.63, 3.8) is 0 Å². The maximum Gasteiger partial charge on any atom is 0.243 e. The number of ether oxygens (including phenoxy) is 2. The van der Waals surface area contributed by atoms with Gasteiger partial charge in [0.05, 0.1) is 28.8 Å². The van der Waals surface area contributed by atoms with Crippen molar-refractivity contribution in [2.45, 2.75) is 76.0 Å². The van der Waals surface area contributed by atoms with Crippen molar-refractivity contribution >= 4 is 55.5 Å². The summed E-state index contributed by atoms with van der Waals surface area (Å²) in [5, 5.41) is 23.1. The number of piperazine rings is 1. The van der Waals surface area contributed by atoms with E-state index in [1.807, 2.05) is 36.4 Å². The molecule has 5 aromatic rings. The first-order valence-electron chi connectivity index (χ1n) is 20.8. The number of nitrogens with zero attached hydrogens (tertiary/aromatic N) is 3. The third-order valence-corrected chi connectivity index (χ3v) is 14.2. The van der Waals surface area contributed by atoms with Crippen molar-refractivity contribution in [3.05, 3.63) is 112 Å². The van der Waals surface area contributed by atoms with E-state index in [0.717, 1.165) is 93.8 Å². The van der Waals surface area contributed by atoms with E-state index < -0.39 is 16.3 Å². The van der Waals surface area contributed by atoms with Gasteiger partial charge in [-0.05, 0) is 122 Å². The molecule has 4 N–H and O–H groups in total. The van der Waals surface area contributed by atoms with Crippen molar-refractivity contribution in [2.24, 2.45) is 11.3 Å². The van der Waals surface area contributed by atoms with Crippen molar-refractivity contribution < 1.29 is 28.1 Å². The quantitative estimate of drug-likeness (QED) is 0.0853. The van der Waals surface area contributed by atoms with Gasteiger partial charge in [0.15, 0.2) is 0 Å². The van der Waals surface area contributed by atoms with E-state index in [-0.39, 0.29) is 27.0 Å². The molecule has 0 amide bonds. The number of H-pyrrole nitrogens is 1. The van der Waals surface area contributed by atoms with E-state index in [2.05, 4.69) is 50.5 Å². The smallest absolute Gasteiger partial charge is 0.243 e. The van der Waals surface area contributed by atoms with E-state index in [0.29, 0.717) is 35.4 Å². The van der Waals surface area contributed by atoms with Crippen LogP contribution in [0.4, 0.5) is 5.69 Å². The molecule has 318 valence electrons. The minimum Gasteiger partial charge on any atom is -0.492 e. The number of pyridine rings is 1. The Labute approximate surface area is 362 Å². The van der Waals surface area contributed by atoms with Gasteiger partial charge in [0.25, 0.3) is 0 Å². The average Bonchev–Trinajstić information content (AvgIpc) is 3.70. The molecule has 1 saturated heterocycles. The van der Waals surface area contributed by atoms with E-state index in [1.54, 1.807) is 18.5 Å². The molecular formula is C46H53Cl2N5O6S. The van der Waals surface area contributed by atoms with E-state index in [9.17, 15) is 18.6 Å². The van der Waals surface area contributed by atoms with Crippen molar-refractivity contribution in [2.75, 3.05) is 44.2 Å². The maximum atomic E-state index is 13.7. The van der Waals surface area contributed by atoms with Crippen LogP contribution in [0, 0.1) is 11.3 Å². The second-order valence-corrected chi connectivity index (χ2v) is 19.8. The van der Waals surface area contributed by atoms with Gasteiger partial charge in [0.1, 0.15) is 29.1 Å². The summed E-state index contributed by atoms with van der Waals surface area (Å²) in [6.45, 7) is 9.35. The highest BCUT2D eigenvalue weighted by Gasteiger charge is 2.30. The van der Waals surface area contributed by atoms with Crippen LogP contribution in [-0.2, 0) is 10.0 Å². The molecule has 2 fully saturated rings. The van der Waals surface area contributed by atoms with Crippen LogP contribution in [0.25, 0.3) is 16.6 Å². The van der Waals surface area contributed by atoms with Crippen molar-refractivity contribution in [1.29, 1.82) is 0 Å². The van der Waals surface area contributed by atoms with Gasteiger partial charge in [-0.15, -0.1) is 0 Å². The molecule has 2 aromatic heterocycles. The minimum absolute atomic E-state index is 0.119. The standard InChI is InChI=1S/C46H53Cl2N5O6S/c1-46(2)17-15-33(40(26-46)31-5-7-34(47)8-6-31)28-52-19-21-53(22-20-52)35-9-13-39(43(24-35)59-37-23-32-16-18-49-44(32)50-27-37)45(55)51-60(56,57)38-12-14-42(41(48)25-38)58-29-30-3-10-36(54)11-4-30/h5-9,12-14,16,18,23-25,27,30,36,45,51,54-55H,3-4,10-11,15,17,19-22,26,28-29H2,1-2H3,(H,49,50). The van der Waals surface area contributed by atoms with Gasteiger partial charge in [-0.1, -0.05) is 54.8 Å². The molecule has 14 heteroatoms. The molecule has 1 atom stereocenters. The number of hydrogen-bond acceptors (Lipinski definition) is 9. The van der Waals surface area contributed by atoms with E-state index >= 15 is 0 Å². The molecule has 3 aliphatic rings. The molecular weight excluding hydrogens is 822 g/mol. The first kappa shape index (κ1) is 42.5. The summed E-state index contributed by atoms with van der Waals surface area (Å²) in [6, 6.07) is 21.7. The number of allylic oxidation sites excluding steroid dienone is 1. The van der Waals surface area contributed by atoms with Gasteiger partial charge in [-0.3, -0.25) is 4.90 Å². The monoisotopic (exact) mass is 873 g/mol. The van der Waals surface area contributed by atoms with Gasteiger partial charge in [-0.2, -0.15) is 4.72 Å². The fraction of sp³-hybridized carbons (Fsp3) is 0.413. The highest BCUT2D eigenvalue weighted by Crippen LogP contribution is 2.44. The molecule has 3 heterocycles. The van der Waals surface area contributed by atoms with Crippen LogP contribution in [0.5, 0.6) is 17.2 Å². The second-order valence-electron chi connectivity index (χ2n) is 17.2. The van der Waals surface area contributed by atoms with Crippen molar-refractivity contribution in [1.82, 2.24) is 19.6 Å². The average molecular weight is 875 g/mol. The van der Waals surface area contributed by atoms with Crippen LogP contribution in [-0.4, -0.2) is 78.9 Å². The van der Waals surface area contributed by atoms with E-state index in [1.165, 1.54) is 34.9 Å². The molecule has 0 radical (unpaired) electrons. The predicted molar refractivity (Wildman–Crippen MR) is 237 cm³/mol. The molecule has 0 bridgehead atoms. The molecule has 1 saturated carbocycles. The summed E-state index contributed by atoms with van der Waals surface area (Å²) in [5.41, 5.74) is 6.27. The number of aromatic amines is 1. The van der Waals surface area contributed by atoms with Gasteiger partial charge in [0.2, 0.25) is 10.0 Å². The number of fused-ring (bicyclic) bond motifs is 1. The Bertz CT molecular complexity index is 2440. The zero-order valence-electron chi connectivity index (χ0n) is 34.0. The summed E-state index contributed by atoms with van der Waals surface area (Å²) in [4.78, 5) is 12.2. The Balaban J connectivity index is 0.978. The topological polar surface area (TPSA) is 140 Å². The number of nitrogens with one attached hydrogen (secondary N) is 2. The summed E-state index contributed by atoms with van der Waals surface area (Å²) in [6.07, 6.45) is 7.94. The number of sulfonamides is 1. The van der Waals surface area contributed by atoms with Crippen LogP contribution in [0.1, 0.15) is 76.1 Å². The normalized spacial score (nSPS) is 20.7. The largest absolute Gasteiger partial charge is 0.492 e. The number of hydrogen-bond donors (Lipinski definition) is 4. The molecule has 2 aliphatic carbocycles. The molecule has 0 spiro atoms. The van der Waals surface area contributed by atoms with Gasteiger partial charge >= 0.3 is 0 Å². The Morgan fingerprint density at radius 3 is 2.47 bits per heavy atom. The predicted octanol–water partition coefficient (Wildman–Crippen LogP) is 9.35. The fourth-order valence-corrected chi connectivity index (χ4v) is 10.1. The van der Waals surface area contributed by atoms with Gasteiger partial charge in [-0.25, -0.2) is 13.4 Å². The second kappa shape index (κ2) is 18.1. The lowest BCUT2D eigenvalue weighted by Crippen LogP contribution is -2.47. The Hall–Kier alpha value is -4.14. The minimum atomic E-state index is -4.24. The Morgan fingerprint density at radius 1 is 0.950 bits per heavy atom. The summed E-state index contributed by atoms with van der Waals surface area (Å²) in [5.74, 6) is 1.40. The fourth-order valence-electron chi connectivity index (χ4n) is 8.60. The lowest BCUT2D eigenvalue weighted by molar-refractivity contribution is 0.0917. The third-order valence-electron chi connectivity index (χ3n) is 12.2. The zero-order valence-corrected chi connectivity index (χ0v) is 36.4. The van der Waals surface area contributed by atoms with Crippen LogP contribution in [0.15, 0.2) is 95.7 Å². The van der Waals surface area contributed by atoms with E-state index in [4.69, 9.17) is 32.7 Å².